The van der Waals surface area contributed by atoms with Crippen molar-refractivity contribution >= 4 is 32.9 Å². The van der Waals surface area contributed by atoms with E-state index >= 15 is 0 Å². The van der Waals surface area contributed by atoms with Gasteiger partial charge in [-0.2, -0.15) is 0 Å². The molecule has 1 N–H and O–H groups in total. The second-order valence-corrected chi connectivity index (χ2v) is 12.7. The van der Waals surface area contributed by atoms with Gasteiger partial charge in [0.25, 0.3) is 5.91 Å². The number of sulfone groups is 1. The molecule has 1 aromatic carbocycles. The molecule has 5 rings (SSSR count). The monoisotopic (exact) mass is 485 g/mol. The molecule has 0 radical (unpaired) electrons. The highest BCUT2D eigenvalue weighted by Gasteiger charge is 2.42. The van der Waals surface area contributed by atoms with Gasteiger partial charge < -0.3 is 5.32 Å². The molecule has 0 aromatic heterocycles. The van der Waals surface area contributed by atoms with Gasteiger partial charge >= 0.3 is 0 Å². The minimum Gasteiger partial charge on any atom is -0.370 e. The average molecular weight is 486 g/mol. The van der Waals surface area contributed by atoms with E-state index in [1.54, 1.807) is 12.1 Å². The number of carbonyl (C=O) groups is 2. The van der Waals surface area contributed by atoms with Crippen molar-refractivity contribution in [2.75, 3.05) is 31.2 Å². The van der Waals surface area contributed by atoms with Crippen molar-refractivity contribution in [2.45, 2.75) is 68.7 Å². The molecule has 1 amide bonds. The van der Waals surface area contributed by atoms with E-state index in [0.29, 0.717) is 17.0 Å². The number of rotatable bonds is 6. The van der Waals surface area contributed by atoms with Gasteiger partial charge in [-0.25, -0.2) is 13.4 Å². The third kappa shape index (κ3) is 5.13. The Labute approximate surface area is 202 Å². The van der Waals surface area contributed by atoms with Crippen LogP contribution in [0.2, 0.25) is 0 Å². The number of fused-ring (bicyclic) bond motifs is 1. The van der Waals surface area contributed by atoms with Crippen LogP contribution in [0.4, 0.5) is 5.69 Å². The molecule has 0 bridgehead atoms. The molecule has 7 nitrogen and oxygen atoms in total. The molecule has 1 aromatic rings. The first-order chi connectivity index (χ1) is 16.3. The predicted octanol–water partition coefficient (Wildman–Crippen LogP) is 3.47. The number of anilines is 1. The molecule has 34 heavy (non-hydrogen) atoms. The first-order valence-electron chi connectivity index (χ1n) is 12.8. The highest BCUT2D eigenvalue weighted by atomic mass is 32.2. The smallest absolute Gasteiger partial charge is 0.260 e. The number of likely N-dealkylation sites (tertiary alicyclic amines) is 1. The molecule has 0 spiro atoms. The van der Waals surface area contributed by atoms with E-state index in [2.05, 4.69) is 15.2 Å². The van der Waals surface area contributed by atoms with Crippen LogP contribution in [-0.4, -0.2) is 62.7 Å². The first kappa shape index (κ1) is 23.7. The molecule has 8 heteroatoms. The van der Waals surface area contributed by atoms with E-state index in [4.69, 9.17) is 0 Å². The molecular weight excluding hydrogens is 450 g/mol. The molecule has 1 unspecified atom stereocenters. The average Bonchev–Trinajstić information content (AvgIpc) is 3.61. The molecule has 4 aliphatic rings. The third-order valence-corrected chi connectivity index (χ3v) is 9.20. The molecule has 2 heterocycles. The zero-order valence-electron chi connectivity index (χ0n) is 20.0. The Balaban J connectivity index is 1.30. The van der Waals surface area contributed by atoms with Gasteiger partial charge in [-0.05, 0) is 68.8 Å². The topological polar surface area (TPSA) is 95.9 Å². The van der Waals surface area contributed by atoms with Crippen LogP contribution in [0.3, 0.4) is 0 Å². The summed E-state index contributed by atoms with van der Waals surface area (Å²) in [4.78, 5) is 32.7. The van der Waals surface area contributed by atoms with Gasteiger partial charge in [-0.15, -0.1) is 0 Å². The number of ketones is 1. The van der Waals surface area contributed by atoms with Crippen LogP contribution in [0.15, 0.2) is 28.1 Å². The van der Waals surface area contributed by atoms with Crippen molar-refractivity contribution in [3.05, 3.63) is 23.8 Å². The van der Waals surface area contributed by atoms with Gasteiger partial charge in [-0.1, -0.05) is 32.1 Å². The van der Waals surface area contributed by atoms with Crippen molar-refractivity contribution in [2.24, 2.45) is 22.7 Å². The molecule has 1 atom stereocenters. The number of amides is 1. The van der Waals surface area contributed by atoms with E-state index < -0.39 is 15.9 Å². The number of aliphatic imine (C=N–C) groups is 1. The molecule has 3 fully saturated rings. The predicted molar refractivity (Wildman–Crippen MR) is 132 cm³/mol. The van der Waals surface area contributed by atoms with Crippen LogP contribution in [0, 0.1) is 17.8 Å². The number of hydrogen-bond donors (Lipinski definition) is 1. The van der Waals surface area contributed by atoms with E-state index in [1.165, 1.54) is 38.2 Å². The zero-order valence-corrected chi connectivity index (χ0v) is 20.8. The highest BCUT2D eigenvalue weighted by Crippen LogP contribution is 2.37. The maximum absolute atomic E-state index is 13.0. The summed E-state index contributed by atoms with van der Waals surface area (Å²) in [7, 11) is -3.42. The Morgan fingerprint density at radius 2 is 1.68 bits per heavy atom. The SMILES string of the molecule is CS(=O)(=O)c1ccc2c(c1)C(=NC(=O)CN1CCC(C3CCCCC3)CC1)C(C(=O)C1CC1)N2. The summed E-state index contributed by atoms with van der Waals surface area (Å²) in [5.41, 5.74) is 1.58. The van der Waals surface area contributed by atoms with Gasteiger partial charge in [0.15, 0.2) is 15.6 Å². The van der Waals surface area contributed by atoms with Gasteiger partial charge in [0, 0.05) is 23.4 Å². The fourth-order valence-corrected chi connectivity index (χ4v) is 6.60. The van der Waals surface area contributed by atoms with E-state index in [9.17, 15) is 18.0 Å². The van der Waals surface area contributed by atoms with Crippen molar-refractivity contribution in [1.82, 2.24) is 4.90 Å². The largest absolute Gasteiger partial charge is 0.370 e. The second kappa shape index (κ2) is 9.53. The molecule has 1 saturated heterocycles. The third-order valence-electron chi connectivity index (χ3n) is 8.09. The normalized spacial score (nSPS) is 25.8. The maximum atomic E-state index is 13.0. The van der Waals surface area contributed by atoms with E-state index in [1.807, 2.05) is 0 Å². The number of piperidine rings is 1. The second-order valence-electron chi connectivity index (χ2n) is 10.6. The number of Topliss-reactive ketones (excluding diaryl/α,β-unsaturated/α-hetero) is 1. The lowest BCUT2D eigenvalue weighted by Gasteiger charge is -2.37. The molecule has 2 aliphatic carbocycles. The molecule has 2 aliphatic heterocycles. The number of nitrogens with one attached hydrogen (secondary N) is 1. The number of carbonyl (C=O) groups excluding carboxylic acids is 2. The Morgan fingerprint density at radius 1 is 1.00 bits per heavy atom. The highest BCUT2D eigenvalue weighted by molar-refractivity contribution is 7.90. The summed E-state index contributed by atoms with van der Waals surface area (Å²) >= 11 is 0. The standard InChI is InChI=1S/C26H35N3O4S/c1-34(32,33)20-9-10-22-21(15-20)24(25(27-22)26(31)19-7-8-19)28-23(30)16-29-13-11-18(12-14-29)17-5-3-2-4-6-17/h9-10,15,17-19,25,27H,2-8,11-14,16H2,1H3. The van der Waals surface area contributed by atoms with Crippen LogP contribution in [0.1, 0.15) is 63.4 Å². The summed E-state index contributed by atoms with van der Waals surface area (Å²) in [6, 6.07) is 4.06. The van der Waals surface area contributed by atoms with Crippen molar-refractivity contribution < 1.29 is 18.0 Å². The lowest BCUT2D eigenvalue weighted by molar-refractivity contribution is -0.119. The van der Waals surface area contributed by atoms with Crippen LogP contribution in [0.5, 0.6) is 0 Å². The molecule has 184 valence electrons. The van der Waals surface area contributed by atoms with Gasteiger partial charge in [0.05, 0.1) is 17.2 Å². The zero-order chi connectivity index (χ0) is 23.9. The fourth-order valence-electron chi connectivity index (χ4n) is 5.95. The van der Waals surface area contributed by atoms with Crippen molar-refractivity contribution in [3.63, 3.8) is 0 Å². The number of hydrogen-bond acceptors (Lipinski definition) is 6. The minimum atomic E-state index is -3.42. The van der Waals surface area contributed by atoms with Crippen LogP contribution >= 0.6 is 0 Å². The number of benzene rings is 1. The molecule has 2 saturated carbocycles. The summed E-state index contributed by atoms with van der Waals surface area (Å²) in [5.74, 6) is 1.40. The van der Waals surface area contributed by atoms with E-state index in [-0.39, 0.29) is 29.0 Å². The summed E-state index contributed by atoms with van der Waals surface area (Å²) in [6.45, 7) is 2.07. The first-order valence-corrected chi connectivity index (χ1v) is 14.7. The Bertz CT molecular complexity index is 1100. The number of nitrogens with zero attached hydrogens (tertiary/aromatic N) is 2. The van der Waals surface area contributed by atoms with Crippen LogP contribution in [0.25, 0.3) is 0 Å². The Kier molecular flexibility index (Phi) is 6.64. The Hall–Kier alpha value is -2.06. The van der Waals surface area contributed by atoms with Gasteiger partial charge in [-0.3, -0.25) is 14.5 Å². The lowest BCUT2D eigenvalue weighted by Crippen LogP contribution is -2.40. The van der Waals surface area contributed by atoms with Crippen LogP contribution in [-0.2, 0) is 19.4 Å². The molecular formula is C26H35N3O4S. The maximum Gasteiger partial charge on any atom is 0.260 e. The fraction of sp³-hybridized carbons (Fsp3) is 0.654. The summed E-state index contributed by atoms with van der Waals surface area (Å²) in [6.07, 6.45) is 12.0. The van der Waals surface area contributed by atoms with E-state index in [0.717, 1.165) is 56.9 Å². The van der Waals surface area contributed by atoms with Gasteiger partial charge in [0.1, 0.15) is 6.04 Å². The minimum absolute atomic E-state index is 0.000285. The summed E-state index contributed by atoms with van der Waals surface area (Å²) < 4.78 is 24.2. The summed E-state index contributed by atoms with van der Waals surface area (Å²) in [5, 5.41) is 3.19. The Morgan fingerprint density at radius 3 is 2.32 bits per heavy atom. The van der Waals surface area contributed by atoms with Crippen LogP contribution < -0.4 is 5.32 Å². The van der Waals surface area contributed by atoms with Crippen molar-refractivity contribution in [3.8, 4) is 0 Å². The van der Waals surface area contributed by atoms with Crippen molar-refractivity contribution in [1.29, 1.82) is 0 Å². The lowest BCUT2D eigenvalue weighted by atomic mass is 9.76. The van der Waals surface area contributed by atoms with Gasteiger partial charge in [0.2, 0.25) is 0 Å². The quantitative estimate of drug-likeness (QED) is 0.663.